The highest BCUT2D eigenvalue weighted by Crippen LogP contribution is 2.08. The monoisotopic (exact) mass is 355 g/mol. The van der Waals surface area contributed by atoms with E-state index in [1.807, 2.05) is 6.92 Å². The van der Waals surface area contributed by atoms with Gasteiger partial charge in [-0.05, 0) is 24.1 Å². The Morgan fingerprint density at radius 2 is 1.83 bits per heavy atom. The quantitative estimate of drug-likeness (QED) is 0.542. The maximum Gasteiger partial charge on any atom is 0.326 e. The standard InChI is InChI=1S/C16H22ClN3O4/c1-2-3-4-13(15(22)23)20-14(21)10-19-16(24)18-9-11-5-7-12(17)8-6-11/h5-8,13H,2-4,9-10H2,1H3,(H,20,21)(H,22,23)(H2,18,19,24)/t13-/m0/s1. The van der Waals surface area contributed by atoms with Gasteiger partial charge in [0, 0.05) is 11.6 Å². The number of urea groups is 1. The largest absolute Gasteiger partial charge is 0.480 e. The summed E-state index contributed by atoms with van der Waals surface area (Å²) in [5, 5.41) is 17.0. The zero-order valence-corrected chi connectivity index (χ0v) is 14.2. The van der Waals surface area contributed by atoms with Crippen molar-refractivity contribution in [3.8, 4) is 0 Å². The average molecular weight is 356 g/mol. The first-order valence-corrected chi connectivity index (χ1v) is 8.08. The van der Waals surface area contributed by atoms with Crippen LogP contribution in [-0.4, -0.2) is 35.6 Å². The minimum atomic E-state index is -1.08. The van der Waals surface area contributed by atoms with Crippen molar-refractivity contribution in [2.45, 2.75) is 38.8 Å². The number of carboxylic acids is 1. The number of carboxylic acid groups (broad SMARTS) is 1. The van der Waals surface area contributed by atoms with E-state index in [0.717, 1.165) is 12.0 Å². The van der Waals surface area contributed by atoms with Crippen molar-refractivity contribution < 1.29 is 19.5 Å². The third-order valence-electron chi connectivity index (χ3n) is 3.26. The predicted molar refractivity (Wildman–Crippen MR) is 90.8 cm³/mol. The molecule has 0 fully saturated rings. The van der Waals surface area contributed by atoms with Crippen molar-refractivity contribution in [3.05, 3.63) is 34.9 Å². The highest BCUT2D eigenvalue weighted by atomic mass is 35.5. The Morgan fingerprint density at radius 1 is 1.17 bits per heavy atom. The van der Waals surface area contributed by atoms with E-state index in [-0.39, 0.29) is 6.54 Å². The first kappa shape index (κ1) is 19.8. The van der Waals surface area contributed by atoms with Gasteiger partial charge in [0.05, 0.1) is 6.54 Å². The second kappa shape index (κ2) is 10.5. The second-order valence-corrected chi connectivity index (χ2v) is 5.70. The molecule has 1 rings (SSSR count). The van der Waals surface area contributed by atoms with Crippen LogP contribution in [0.1, 0.15) is 31.7 Å². The smallest absolute Gasteiger partial charge is 0.326 e. The number of aliphatic carboxylic acids is 1. The molecule has 132 valence electrons. The highest BCUT2D eigenvalue weighted by Gasteiger charge is 2.19. The number of carbonyl (C=O) groups excluding carboxylic acids is 2. The van der Waals surface area contributed by atoms with Crippen LogP contribution < -0.4 is 16.0 Å². The molecule has 0 saturated carbocycles. The highest BCUT2D eigenvalue weighted by molar-refractivity contribution is 6.30. The van der Waals surface area contributed by atoms with Gasteiger partial charge in [-0.2, -0.15) is 0 Å². The summed E-state index contributed by atoms with van der Waals surface area (Å²) in [5.74, 6) is -1.62. The molecule has 1 atom stereocenters. The molecule has 0 bridgehead atoms. The van der Waals surface area contributed by atoms with E-state index < -0.39 is 23.9 Å². The molecule has 0 unspecified atom stereocenters. The lowest BCUT2D eigenvalue weighted by atomic mass is 10.1. The molecule has 7 nitrogen and oxygen atoms in total. The number of hydrogen-bond donors (Lipinski definition) is 4. The van der Waals surface area contributed by atoms with E-state index >= 15 is 0 Å². The number of carbonyl (C=O) groups is 3. The molecule has 3 amide bonds. The Labute approximate surface area is 145 Å². The lowest BCUT2D eigenvalue weighted by Crippen LogP contribution is -2.47. The van der Waals surface area contributed by atoms with Gasteiger partial charge < -0.3 is 21.1 Å². The van der Waals surface area contributed by atoms with Gasteiger partial charge in [-0.15, -0.1) is 0 Å². The van der Waals surface area contributed by atoms with E-state index in [1.165, 1.54) is 0 Å². The number of unbranched alkanes of at least 4 members (excludes halogenated alkanes) is 1. The Balaban J connectivity index is 2.30. The molecular weight excluding hydrogens is 334 g/mol. The lowest BCUT2D eigenvalue weighted by Gasteiger charge is -2.14. The third kappa shape index (κ3) is 7.82. The van der Waals surface area contributed by atoms with Crippen LogP contribution in [-0.2, 0) is 16.1 Å². The van der Waals surface area contributed by atoms with Crippen LogP contribution in [0.2, 0.25) is 5.02 Å². The lowest BCUT2D eigenvalue weighted by molar-refractivity contribution is -0.141. The molecular formula is C16H22ClN3O4. The summed E-state index contributed by atoms with van der Waals surface area (Å²) >= 11 is 5.77. The van der Waals surface area contributed by atoms with E-state index in [0.29, 0.717) is 24.4 Å². The normalized spacial score (nSPS) is 11.4. The van der Waals surface area contributed by atoms with Gasteiger partial charge in [-0.25, -0.2) is 9.59 Å². The second-order valence-electron chi connectivity index (χ2n) is 5.26. The summed E-state index contributed by atoms with van der Waals surface area (Å²) in [6, 6.07) is 5.54. The summed E-state index contributed by atoms with van der Waals surface area (Å²) in [5.41, 5.74) is 0.865. The summed E-state index contributed by atoms with van der Waals surface area (Å²) in [7, 11) is 0. The van der Waals surface area contributed by atoms with Gasteiger partial charge in [-0.1, -0.05) is 43.5 Å². The molecule has 8 heteroatoms. The minimum absolute atomic E-state index is 0.289. The van der Waals surface area contributed by atoms with Gasteiger partial charge in [-0.3, -0.25) is 4.79 Å². The average Bonchev–Trinajstić information content (AvgIpc) is 2.56. The molecule has 0 aliphatic carbocycles. The Kier molecular flexibility index (Phi) is 8.64. The van der Waals surface area contributed by atoms with E-state index in [4.69, 9.17) is 16.7 Å². The van der Waals surface area contributed by atoms with Crippen molar-refractivity contribution in [2.24, 2.45) is 0 Å². The van der Waals surface area contributed by atoms with Crippen molar-refractivity contribution in [1.82, 2.24) is 16.0 Å². The summed E-state index contributed by atoms with van der Waals surface area (Å²) in [6.45, 7) is 1.94. The SMILES string of the molecule is CCCC[C@H](NC(=O)CNC(=O)NCc1ccc(Cl)cc1)C(=O)O. The molecule has 0 spiro atoms. The zero-order valence-electron chi connectivity index (χ0n) is 13.5. The van der Waals surface area contributed by atoms with Crippen molar-refractivity contribution in [3.63, 3.8) is 0 Å². The topological polar surface area (TPSA) is 108 Å². The fraction of sp³-hybridized carbons (Fsp3) is 0.438. The molecule has 1 aromatic carbocycles. The first-order valence-electron chi connectivity index (χ1n) is 7.70. The van der Waals surface area contributed by atoms with E-state index in [1.54, 1.807) is 24.3 Å². The fourth-order valence-corrected chi connectivity index (χ4v) is 2.04. The molecule has 4 N–H and O–H groups in total. The molecule has 0 aromatic heterocycles. The first-order chi connectivity index (χ1) is 11.4. The molecule has 0 aliphatic heterocycles. The number of halogens is 1. The molecule has 0 heterocycles. The van der Waals surface area contributed by atoms with Crippen LogP contribution in [0.3, 0.4) is 0 Å². The number of nitrogens with one attached hydrogen (secondary N) is 3. The summed E-state index contributed by atoms with van der Waals surface area (Å²) < 4.78 is 0. The van der Waals surface area contributed by atoms with Gasteiger partial charge in [0.2, 0.25) is 5.91 Å². The number of rotatable bonds is 9. The van der Waals surface area contributed by atoms with Crippen molar-refractivity contribution in [2.75, 3.05) is 6.54 Å². The molecule has 0 saturated heterocycles. The summed E-state index contributed by atoms with van der Waals surface area (Å²) in [4.78, 5) is 34.4. The van der Waals surface area contributed by atoms with Crippen LogP contribution in [0.4, 0.5) is 4.79 Å². The third-order valence-corrected chi connectivity index (χ3v) is 3.51. The number of benzene rings is 1. The maximum atomic E-state index is 11.7. The van der Waals surface area contributed by atoms with Crippen LogP contribution in [0.25, 0.3) is 0 Å². The van der Waals surface area contributed by atoms with Crippen LogP contribution in [0.15, 0.2) is 24.3 Å². The number of amides is 3. The van der Waals surface area contributed by atoms with Crippen LogP contribution in [0.5, 0.6) is 0 Å². The minimum Gasteiger partial charge on any atom is -0.480 e. The molecule has 24 heavy (non-hydrogen) atoms. The number of hydrogen-bond acceptors (Lipinski definition) is 3. The van der Waals surface area contributed by atoms with Crippen molar-refractivity contribution in [1.29, 1.82) is 0 Å². The molecule has 0 radical (unpaired) electrons. The van der Waals surface area contributed by atoms with Crippen LogP contribution >= 0.6 is 11.6 Å². The zero-order chi connectivity index (χ0) is 17.9. The molecule has 0 aliphatic rings. The molecule has 1 aromatic rings. The van der Waals surface area contributed by atoms with E-state index in [9.17, 15) is 14.4 Å². The van der Waals surface area contributed by atoms with Gasteiger partial charge in [0.25, 0.3) is 0 Å². The Bertz CT molecular complexity index is 563. The summed E-state index contributed by atoms with van der Waals surface area (Å²) in [6.07, 6.45) is 1.90. The van der Waals surface area contributed by atoms with Gasteiger partial charge >= 0.3 is 12.0 Å². The van der Waals surface area contributed by atoms with Crippen LogP contribution in [0, 0.1) is 0 Å². The fourth-order valence-electron chi connectivity index (χ4n) is 1.92. The van der Waals surface area contributed by atoms with Gasteiger partial charge in [0.1, 0.15) is 6.04 Å². The Hall–Kier alpha value is -2.28. The maximum absolute atomic E-state index is 11.7. The van der Waals surface area contributed by atoms with E-state index in [2.05, 4.69) is 16.0 Å². The van der Waals surface area contributed by atoms with Crippen molar-refractivity contribution >= 4 is 29.5 Å². The van der Waals surface area contributed by atoms with Gasteiger partial charge in [0.15, 0.2) is 0 Å². The predicted octanol–water partition coefficient (Wildman–Crippen LogP) is 1.90. The Morgan fingerprint density at radius 3 is 2.42 bits per heavy atom.